The fourth-order valence-corrected chi connectivity index (χ4v) is 3.04. The first-order valence-corrected chi connectivity index (χ1v) is 8.53. The van der Waals surface area contributed by atoms with Crippen molar-refractivity contribution in [1.82, 2.24) is 4.90 Å². The van der Waals surface area contributed by atoms with Crippen molar-refractivity contribution >= 4 is 12.0 Å². The van der Waals surface area contributed by atoms with Gasteiger partial charge in [0.05, 0.1) is 6.10 Å². The second kappa shape index (κ2) is 8.10. The van der Waals surface area contributed by atoms with Gasteiger partial charge in [-0.2, -0.15) is 0 Å². The number of benzene rings is 2. The van der Waals surface area contributed by atoms with Gasteiger partial charge in [-0.1, -0.05) is 42.5 Å². The van der Waals surface area contributed by atoms with E-state index in [9.17, 15) is 19.1 Å². The van der Waals surface area contributed by atoms with Gasteiger partial charge in [0, 0.05) is 6.42 Å². The lowest BCUT2D eigenvalue weighted by atomic mass is 10.0. The molecule has 1 aliphatic rings. The molecule has 2 aromatic rings. The van der Waals surface area contributed by atoms with Crippen molar-refractivity contribution in [2.24, 2.45) is 0 Å². The third kappa shape index (κ3) is 4.08. The normalized spacial score (nSPS) is 17.8. The molecule has 1 heterocycles. The molecule has 0 saturated carbocycles. The number of rotatable bonds is 6. The summed E-state index contributed by atoms with van der Waals surface area (Å²) in [7, 11) is 0. The topological polar surface area (TPSA) is 66.8 Å². The van der Waals surface area contributed by atoms with Gasteiger partial charge in [-0.15, -0.1) is 0 Å². The lowest BCUT2D eigenvalue weighted by Crippen LogP contribution is -2.34. The van der Waals surface area contributed by atoms with E-state index < -0.39 is 18.2 Å². The second-order valence-electron chi connectivity index (χ2n) is 6.23. The number of aliphatic hydroxyl groups excluding tert-OH is 1. The minimum Gasteiger partial charge on any atom is -0.446 e. The SMILES string of the molecule is O=C(CCCC(O)c1ccc(F)cc1)N1C(=O)OC[C@@H]1c1ccccc1. The summed E-state index contributed by atoms with van der Waals surface area (Å²) in [5, 5.41) is 10.1. The monoisotopic (exact) mass is 357 g/mol. The maximum Gasteiger partial charge on any atom is 0.417 e. The average Bonchev–Trinajstić information content (AvgIpc) is 3.04. The van der Waals surface area contributed by atoms with Crippen molar-refractivity contribution in [2.75, 3.05) is 6.61 Å². The smallest absolute Gasteiger partial charge is 0.417 e. The molecule has 2 aromatic carbocycles. The van der Waals surface area contributed by atoms with Gasteiger partial charge in [-0.25, -0.2) is 14.1 Å². The molecule has 2 amide bonds. The molecule has 5 nitrogen and oxygen atoms in total. The van der Waals surface area contributed by atoms with Crippen LogP contribution < -0.4 is 0 Å². The van der Waals surface area contributed by atoms with E-state index in [1.54, 1.807) is 0 Å². The summed E-state index contributed by atoms with van der Waals surface area (Å²) in [6.07, 6.45) is -0.544. The average molecular weight is 357 g/mol. The van der Waals surface area contributed by atoms with Crippen molar-refractivity contribution in [3.8, 4) is 0 Å². The zero-order chi connectivity index (χ0) is 18.5. The number of hydrogen-bond donors (Lipinski definition) is 1. The number of nitrogens with zero attached hydrogens (tertiary/aromatic N) is 1. The molecule has 3 rings (SSSR count). The Labute approximate surface area is 151 Å². The number of hydrogen-bond acceptors (Lipinski definition) is 4. The summed E-state index contributed by atoms with van der Waals surface area (Å²) in [5.74, 6) is -0.691. The van der Waals surface area contributed by atoms with Crippen LogP contribution in [-0.2, 0) is 9.53 Å². The molecule has 6 heteroatoms. The number of ether oxygens (including phenoxy) is 1. The number of cyclic esters (lactones) is 1. The Morgan fingerprint density at radius 2 is 1.88 bits per heavy atom. The Morgan fingerprint density at radius 3 is 2.58 bits per heavy atom. The molecule has 1 saturated heterocycles. The molecule has 1 unspecified atom stereocenters. The Kier molecular flexibility index (Phi) is 5.63. The number of carbonyl (C=O) groups is 2. The van der Waals surface area contributed by atoms with Gasteiger partial charge in [-0.3, -0.25) is 4.79 Å². The number of aliphatic hydroxyl groups is 1. The predicted molar refractivity (Wildman–Crippen MR) is 92.6 cm³/mol. The highest BCUT2D eigenvalue weighted by atomic mass is 19.1. The van der Waals surface area contributed by atoms with Crippen molar-refractivity contribution in [2.45, 2.75) is 31.4 Å². The van der Waals surface area contributed by atoms with Gasteiger partial charge < -0.3 is 9.84 Å². The first-order chi connectivity index (χ1) is 12.6. The fraction of sp³-hybridized carbons (Fsp3) is 0.300. The van der Waals surface area contributed by atoms with E-state index >= 15 is 0 Å². The van der Waals surface area contributed by atoms with Crippen LogP contribution in [0.2, 0.25) is 0 Å². The predicted octanol–water partition coefficient (Wildman–Crippen LogP) is 3.75. The second-order valence-corrected chi connectivity index (χ2v) is 6.23. The molecule has 1 N–H and O–H groups in total. The van der Waals surface area contributed by atoms with E-state index in [1.165, 1.54) is 24.3 Å². The Balaban J connectivity index is 1.56. The molecular formula is C20H20FNO4. The molecule has 26 heavy (non-hydrogen) atoms. The first-order valence-electron chi connectivity index (χ1n) is 8.53. The van der Waals surface area contributed by atoms with Gasteiger partial charge in [0.25, 0.3) is 0 Å². The summed E-state index contributed by atoms with van der Waals surface area (Å²) in [6, 6.07) is 14.5. The number of halogens is 1. The Morgan fingerprint density at radius 1 is 1.19 bits per heavy atom. The molecule has 0 bridgehead atoms. The minimum absolute atomic E-state index is 0.122. The maximum atomic E-state index is 12.9. The van der Waals surface area contributed by atoms with Crippen LogP contribution in [0.25, 0.3) is 0 Å². The highest BCUT2D eigenvalue weighted by molar-refractivity contribution is 5.93. The van der Waals surface area contributed by atoms with Crippen molar-refractivity contribution in [3.63, 3.8) is 0 Å². The molecule has 136 valence electrons. The van der Waals surface area contributed by atoms with E-state index in [4.69, 9.17) is 4.74 Å². The largest absolute Gasteiger partial charge is 0.446 e. The summed E-state index contributed by atoms with van der Waals surface area (Å²) >= 11 is 0. The number of amides is 2. The minimum atomic E-state index is -0.779. The molecule has 0 radical (unpaired) electrons. The first kappa shape index (κ1) is 18.1. The molecule has 2 atom stereocenters. The third-order valence-corrected chi connectivity index (χ3v) is 4.45. The maximum absolute atomic E-state index is 12.9. The van der Waals surface area contributed by atoms with E-state index in [2.05, 4.69) is 0 Å². The molecule has 1 aliphatic heterocycles. The summed E-state index contributed by atoms with van der Waals surface area (Å²) in [5.41, 5.74) is 1.44. The molecule has 1 fully saturated rings. The van der Waals surface area contributed by atoms with Crippen molar-refractivity contribution in [1.29, 1.82) is 0 Å². The van der Waals surface area contributed by atoms with Crippen LogP contribution in [0.4, 0.5) is 9.18 Å². The molecule has 0 aromatic heterocycles. The van der Waals surface area contributed by atoms with Gasteiger partial charge in [0.2, 0.25) is 5.91 Å². The van der Waals surface area contributed by atoms with Crippen LogP contribution in [0.3, 0.4) is 0 Å². The van der Waals surface area contributed by atoms with E-state index in [0.717, 1.165) is 10.5 Å². The summed E-state index contributed by atoms with van der Waals surface area (Å²) in [4.78, 5) is 25.6. The highest BCUT2D eigenvalue weighted by Gasteiger charge is 2.38. The van der Waals surface area contributed by atoms with Crippen molar-refractivity contribution in [3.05, 3.63) is 71.5 Å². The zero-order valence-electron chi connectivity index (χ0n) is 14.2. The Bertz CT molecular complexity index is 763. The third-order valence-electron chi connectivity index (χ3n) is 4.45. The van der Waals surface area contributed by atoms with E-state index in [-0.39, 0.29) is 24.8 Å². The van der Waals surface area contributed by atoms with Gasteiger partial charge in [0.15, 0.2) is 0 Å². The van der Waals surface area contributed by atoms with E-state index in [0.29, 0.717) is 18.4 Å². The standard InChI is InChI=1S/C20H20FNO4/c21-16-11-9-15(10-12-16)18(23)7-4-8-19(24)22-17(13-26-20(22)25)14-5-2-1-3-6-14/h1-3,5-6,9-12,17-18,23H,4,7-8,13H2/t17-,18?/m1/s1. The lowest BCUT2D eigenvalue weighted by molar-refractivity contribution is -0.129. The van der Waals surface area contributed by atoms with E-state index in [1.807, 2.05) is 30.3 Å². The summed E-state index contributed by atoms with van der Waals surface area (Å²) < 4.78 is 18.0. The molecule has 0 spiro atoms. The number of imide groups is 1. The zero-order valence-corrected chi connectivity index (χ0v) is 14.2. The van der Waals surface area contributed by atoms with Crippen LogP contribution in [0.15, 0.2) is 54.6 Å². The molecular weight excluding hydrogens is 337 g/mol. The van der Waals surface area contributed by atoms with Crippen molar-refractivity contribution < 1.29 is 23.8 Å². The lowest BCUT2D eigenvalue weighted by Gasteiger charge is -2.20. The van der Waals surface area contributed by atoms with Gasteiger partial charge in [-0.05, 0) is 36.1 Å². The van der Waals surface area contributed by atoms with Crippen LogP contribution in [0.5, 0.6) is 0 Å². The van der Waals surface area contributed by atoms with Gasteiger partial charge >= 0.3 is 6.09 Å². The van der Waals surface area contributed by atoms with Gasteiger partial charge in [0.1, 0.15) is 18.5 Å². The highest BCUT2D eigenvalue weighted by Crippen LogP contribution is 2.29. The Hall–Kier alpha value is -2.73. The molecule has 0 aliphatic carbocycles. The van der Waals surface area contributed by atoms with Crippen LogP contribution in [0.1, 0.15) is 42.5 Å². The van der Waals surface area contributed by atoms with Crippen LogP contribution in [-0.4, -0.2) is 28.6 Å². The van der Waals surface area contributed by atoms with Crippen LogP contribution in [0, 0.1) is 5.82 Å². The quantitative estimate of drug-likeness (QED) is 0.855. The number of carbonyl (C=O) groups excluding carboxylic acids is 2. The fourth-order valence-electron chi connectivity index (χ4n) is 3.04. The van der Waals surface area contributed by atoms with Crippen LogP contribution >= 0.6 is 0 Å². The summed E-state index contributed by atoms with van der Waals surface area (Å²) in [6.45, 7) is 0.146.